The van der Waals surface area contributed by atoms with Crippen LogP contribution in [0.1, 0.15) is 11.1 Å². The van der Waals surface area contributed by atoms with Gasteiger partial charge in [0.2, 0.25) is 10.0 Å². The van der Waals surface area contributed by atoms with Crippen molar-refractivity contribution >= 4 is 39.2 Å². The molecule has 0 atom stereocenters. The molecule has 0 radical (unpaired) electrons. The highest BCUT2D eigenvalue weighted by Gasteiger charge is 2.18. The zero-order valence-corrected chi connectivity index (χ0v) is 18.8. The average molecular weight is 491 g/mol. The molecule has 0 aromatic heterocycles. The number of primary sulfonamides is 1. The molecule has 0 saturated heterocycles. The molecule has 3 aromatic carbocycles. The molecule has 10 nitrogen and oxygen atoms in total. The molecule has 12 heteroatoms. The van der Waals surface area contributed by atoms with Gasteiger partial charge in [-0.2, -0.15) is 5.10 Å². The van der Waals surface area contributed by atoms with Crippen LogP contribution in [0.5, 0.6) is 11.5 Å². The van der Waals surface area contributed by atoms with E-state index in [0.29, 0.717) is 22.1 Å². The fraction of sp³-hybridized carbons (Fsp3) is 0.0952. The molecule has 0 bridgehead atoms. The molecule has 3 rings (SSSR count). The molecule has 0 aliphatic rings. The van der Waals surface area contributed by atoms with Gasteiger partial charge in [0.25, 0.3) is 5.69 Å². The van der Waals surface area contributed by atoms with Crippen molar-refractivity contribution in [1.82, 2.24) is 0 Å². The van der Waals surface area contributed by atoms with Gasteiger partial charge in [-0.3, -0.25) is 15.5 Å². The Kier molecular flexibility index (Phi) is 7.48. The minimum Gasteiger partial charge on any atom is -0.493 e. The summed E-state index contributed by atoms with van der Waals surface area (Å²) in [5.74, 6) is 0.950. The first kappa shape index (κ1) is 24.0. The molecule has 0 heterocycles. The zero-order valence-electron chi connectivity index (χ0n) is 17.3. The number of sulfonamides is 1. The number of nitro benzene ring substituents is 1. The zero-order chi connectivity index (χ0) is 24.0. The van der Waals surface area contributed by atoms with Gasteiger partial charge >= 0.3 is 0 Å². The van der Waals surface area contributed by atoms with E-state index < -0.39 is 20.6 Å². The largest absolute Gasteiger partial charge is 0.493 e. The van der Waals surface area contributed by atoms with E-state index in [-0.39, 0.29) is 17.2 Å². The number of hydrazone groups is 1. The number of rotatable bonds is 9. The van der Waals surface area contributed by atoms with Gasteiger partial charge in [0.05, 0.1) is 23.1 Å². The number of nitrogens with two attached hydrogens (primary N) is 1. The topological polar surface area (TPSA) is 146 Å². The maximum absolute atomic E-state index is 11.4. The molecular formula is C21H19ClN4O6S. The first-order chi connectivity index (χ1) is 15.7. The third kappa shape index (κ3) is 6.19. The number of ether oxygens (including phenoxy) is 2. The fourth-order valence-electron chi connectivity index (χ4n) is 2.77. The van der Waals surface area contributed by atoms with Crippen LogP contribution in [0.25, 0.3) is 0 Å². The lowest BCUT2D eigenvalue weighted by molar-refractivity contribution is -0.384. The summed E-state index contributed by atoms with van der Waals surface area (Å²) >= 11 is 6.14. The maximum atomic E-state index is 11.4. The minimum absolute atomic E-state index is 0.00434. The lowest BCUT2D eigenvalue weighted by Gasteiger charge is -2.12. The first-order valence-corrected chi connectivity index (χ1v) is 11.3. The number of nitrogens with one attached hydrogen (secondary N) is 1. The fourth-order valence-corrected chi connectivity index (χ4v) is 3.49. The summed E-state index contributed by atoms with van der Waals surface area (Å²) in [7, 11) is -2.59. The van der Waals surface area contributed by atoms with Crippen molar-refractivity contribution in [3.05, 3.63) is 86.9 Å². The quantitative estimate of drug-likeness (QED) is 0.262. The standard InChI is InChI=1S/C21H19ClN4O6S/c1-31-21-10-14(6-9-20(21)32-13-15-4-2-3-5-17(15)22)12-24-25-18-8-7-16(33(23,29)30)11-19(18)26(27)28/h2-12,25H,13H2,1H3,(H2,23,29,30)/b24-12+. The second-order valence-corrected chi connectivity index (χ2v) is 8.61. The Labute approximate surface area is 194 Å². The van der Waals surface area contributed by atoms with Gasteiger partial charge in [-0.05, 0) is 42.0 Å². The highest BCUT2D eigenvalue weighted by molar-refractivity contribution is 7.89. The lowest BCUT2D eigenvalue weighted by atomic mass is 10.2. The van der Waals surface area contributed by atoms with E-state index in [2.05, 4.69) is 10.5 Å². The van der Waals surface area contributed by atoms with Gasteiger partial charge in [-0.1, -0.05) is 29.8 Å². The SMILES string of the molecule is COc1cc(/C=N/Nc2ccc(S(N)(=O)=O)cc2[N+](=O)[O-])ccc1OCc1ccccc1Cl. The Morgan fingerprint density at radius 3 is 2.58 bits per heavy atom. The molecule has 0 unspecified atom stereocenters. The summed E-state index contributed by atoms with van der Waals surface area (Å²) < 4.78 is 34.0. The van der Waals surface area contributed by atoms with Gasteiger partial charge < -0.3 is 9.47 Å². The third-order valence-corrected chi connectivity index (χ3v) is 5.70. The van der Waals surface area contributed by atoms with Crippen LogP contribution in [0, 0.1) is 10.1 Å². The summed E-state index contributed by atoms with van der Waals surface area (Å²) in [4.78, 5) is 10.2. The Bertz CT molecular complexity index is 1310. The number of methoxy groups -OCH3 is 1. The molecule has 0 saturated carbocycles. The normalized spacial score (nSPS) is 11.4. The van der Waals surface area contributed by atoms with E-state index >= 15 is 0 Å². The number of hydrogen-bond donors (Lipinski definition) is 2. The maximum Gasteiger partial charge on any atom is 0.295 e. The first-order valence-electron chi connectivity index (χ1n) is 9.33. The second kappa shape index (κ2) is 10.3. The van der Waals surface area contributed by atoms with Gasteiger partial charge in [-0.15, -0.1) is 0 Å². The van der Waals surface area contributed by atoms with Gasteiger partial charge in [0, 0.05) is 16.7 Å². The van der Waals surface area contributed by atoms with Crippen LogP contribution in [-0.4, -0.2) is 26.7 Å². The van der Waals surface area contributed by atoms with E-state index in [4.69, 9.17) is 26.2 Å². The van der Waals surface area contributed by atoms with Crippen LogP contribution in [0.3, 0.4) is 0 Å². The lowest BCUT2D eigenvalue weighted by Crippen LogP contribution is -2.12. The number of benzene rings is 3. The van der Waals surface area contributed by atoms with Crippen LogP contribution in [0.4, 0.5) is 11.4 Å². The van der Waals surface area contributed by atoms with Gasteiger partial charge in [0.15, 0.2) is 11.5 Å². The van der Waals surface area contributed by atoms with Crippen molar-refractivity contribution in [3.63, 3.8) is 0 Å². The Hall–Kier alpha value is -3.67. The molecule has 0 spiro atoms. The van der Waals surface area contributed by atoms with E-state index in [1.807, 2.05) is 18.2 Å². The molecule has 0 aliphatic heterocycles. The Morgan fingerprint density at radius 2 is 1.91 bits per heavy atom. The predicted molar refractivity (Wildman–Crippen MR) is 124 cm³/mol. The van der Waals surface area contributed by atoms with Crippen molar-refractivity contribution in [2.24, 2.45) is 10.2 Å². The minimum atomic E-state index is -4.08. The van der Waals surface area contributed by atoms with Crippen LogP contribution >= 0.6 is 11.6 Å². The molecule has 3 N–H and O–H groups in total. The van der Waals surface area contributed by atoms with E-state index in [9.17, 15) is 18.5 Å². The Morgan fingerprint density at radius 1 is 1.15 bits per heavy atom. The van der Waals surface area contributed by atoms with Crippen LogP contribution in [-0.2, 0) is 16.6 Å². The molecule has 0 aliphatic carbocycles. The number of anilines is 1. The summed E-state index contributed by atoms with van der Waals surface area (Å²) in [6.45, 7) is 0.253. The smallest absolute Gasteiger partial charge is 0.295 e. The summed E-state index contributed by atoms with van der Waals surface area (Å²) in [5.41, 5.74) is 3.49. The third-order valence-electron chi connectivity index (χ3n) is 4.42. The van der Waals surface area contributed by atoms with Crippen LogP contribution in [0.2, 0.25) is 5.02 Å². The molecule has 0 amide bonds. The van der Waals surface area contributed by atoms with E-state index in [1.54, 1.807) is 24.3 Å². The number of hydrogen-bond acceptors (Lipinski definition) is 8. The number of nitrogens with zero attached hydrogens (tertiary/aromatic N) is 2. The van der Waals surface area contributed by atoms with Crippen molar-refractivity contribution < 1.29 is 22.8 Å². The molecule has 172 valence electrons. The highest BCUT2D eigenvalue weighted by Crippen LogP contribution is 2.30. The second-order valence-electron chi connectivity index (χ2n) is 6.64. The monoisotopic (exact) mass is 490 g/mol. The number of halogens is 1. The summed E-state index contributed by atoms with van der Waals surface area (Å²) in [6, 6.07) is 15.6. The molecule has 0 fully saturated rings. The summed E-state index contributed by atoms with van der Waals surface area (Å²) in [6.07, 6.45) is 1.41. The van der Waals surface area contributed by atoms with Crippen molar-refractivity contribution in [1.29, 1.82) is 0 Å². The molecule has 33 heavy (non-hydrogen) atoms. The van der Waals surface area contributed by atoms with Gasteiger partial charge in [-0.25, -0.2) is 13.6 Å². The van der Waals surface area contributed by atoms with Crippen molar-refractivity contribution in [3.8, 4) is 11.5 Å². The molecular weight excluding hydrogens is 472 g/mol. The van der Waals surface area contributed by atoms with E-state index in [0.717, 1.165) is 17.7 Å². The average Bonchev–Trinajstić information content (AvgIpc) is 2.78. The van der Waals surface area contributed by atoms with Crippen LogP contribution in [0.15, 0.2) is 70.7 Å². The molecule has 3 aromatic rings. The van der Waals surface area contributed by atoms with E-state index in [1.165, 1.54) is 19.4 Å². The highest BCUT2D eigenvalue weighted by atomic mass is 35.5. The van der Waals surface area contributed by atoms with Gasteiger partial charge in [0.1, 0.15) is 12.3 Å². The predicted octanol–water partition coefficient (Wildman–Crippen LogP) is 3.93. The summed E-state index contributed by atoms with van der Waals surface area (Å²) in [5, 5.41) is 20.9. The van der Waals surface area contributed by atoms with Crippen molar-refractivity contribution in [2.45, 2.75) is 11.5 Å². The number of nitro groups is 1. The Balaban J connectivity index is 1.74. The van der Waals surface area contributed by atoms with Crippen LogP contribution < -0.4 is 20.0 Å². The van der Waals surface area contributed by atoms with Crippen molar-refractivity contribution in [2.75, 3.05) is 12.5 Å².